The predicted octanol–water partition coefficient (Wildman–Crippen LogP) is 11.8. The van der Waals surface area contributed by atoms with Crippen LogP contribution in [0, 0.1) is 5.92 Å². The minimum Gasteiger partial charge on any atom is -0.484 e. The van der Waals surface area contributed by atoms with E-state index in [0.29, 0.717) is 0 Å². The van der Waals surface area contributed by atoms with Crippen LogP contribution in [0.25, 0.3) is 39.4 Å². The van der Waals surface area contributed by atoms with Gasteiger partial charge in [-0.3, -0.25) is 0 Å². The average molecular weight is 674 g/mol. The highest BCUT2D eigenvalue weighted by molar-refractivity contribution is 5.95. The van der Waals surface area contributed by atoms with Crippen LogP contribution in [-0.2, 0) is 16.6 Å². The second kappa shape index (κ2) is 11.6. The lowest BCUT2D eigenvalue weighted by atomic mass is 9.53. The molecule has 0 saturated carbocycles. The number of benzene rings is 4. The van der Waals surface area contributed by atoms with Crippen LogP contribution >= 0.6 is 0 Å². The molecule has 4 aliphatic carbocycles. The third kappa shape index (κ3) is 4.20. The number of para-hydroxylation sites is 2. The Kier molecular flexibility index (Phi) is 6.67. The van der Waals surface area contributed by atoms with Crippen molar-refractivity contribution in [3.63, 3.8) is 0 Å². The highest BCUT2D eigenvalue weighted by Gasteiger charge is 2.59. The molecule has 3 unspecified atom stereocenters. The molecule has 1 aromatic heterocycles. The van der Waals surface area contributed by atoms with E-state index < -0.39 is 5.41 Å². The monoisotopic (exact) mass is 673 g/mol. The Bertz CT molecular complexity index is 2520. The van der Waals surface area contributed by atoms with Crippen molar-refractivity contribution in [1.29, 1.82) is 0 Å². The molecule has 4 aromatic carbocycles. The molecule has 0 amide bonds. The van der Waals surface area contributed by atoms with Crippen molar-refractivity contribution in [2.75, 3.05) is 0 Å². The molecule has 3 heteroatoms. The smallest absolute Gasteiger partial charge is 0.132 e. The Morgan fingerprint density at radius 3 is 2.46 bits per heavy atom. The van der Waals surface area contributed by atoms with Crippen LogP contribution in [0.2, 0.25) is 0 Å². The predicted molar refractivity (Wildman–Crippen MR) is 211 cm³/mol. The number of allylic oxidation sites excluding steroid dienone is 9. The van der Waals surface area contributed by atoms with E-state index in [0.717, 1.165) is 61.4 Å². The summed E-state index contributed by atoms with van der Waals surface area (Å²) in [5.74, 6) is 3.08. The summed E-state index contributed by atoms with van der Waals surface area (Å²) < 4.78 is 16.7. The van der Waals surface area contributed by atoms with Gasteiger partial charge in [0.05, 0.1) is 10.9 Å². The van der Waals surface area contributed by atoms with E-state index >= 15 is 0 Å². The van der Waals surface area contributed by atoms with Crippen molar-refractivity contribution in [2.45, 2.75) is 50.0 Å². The van der Waals surface area contributed by atoms with Gasteiger partial charge >= 0.3 is 0 Å². The quantitative estimate of drug-likeness (QED) is 0.190. The van der Waals surface area contributed by atoms with Crippen molar-refractivity contribution < 1.29 is 9.47 Å². The zero-order chi connectivity index (χ0) is 34.2. The molecule has 6 aliphatic rings. The zero-order valence-electron chi connectivity index (χ0n) is 29.1. The summed E-state index contributed by atoms with van der Waals surface area (Å²) in [4.78, 5) is 0. The Balaban J connectivity index is 1.18. The molecule has 252 valence electrons. The van der Waals surface area contributed by atoms with Crippen LogP contribution in [0.3, 0.4) is 0 Å². The van der Waals surface area contributed by atoms with E-state index in [-0.39, 0.29) is 12.0 Å². The second-order valence-corrected chi connectivity index (χ2v) is 14.8. The molecule has 3 atom stereocenters. The normalized spacial score (nSPS) is 23.7. The maximum absolute atomic E-state index is 7.51. The van der Waals surface area contributed by atoms with E-state index in [4.69, 9.17) is 9.47 Å². The first-order chi connectivity index (χ1) is 25.8. The topological polar surface area (TPSA) is 23.4 Å². The molecule has 2 aliphatic heterocycles. The van der Waals surface area contributed by atoms with Crippen LogP contribution in [0.1, 0.15) is 54.5 Å². The third-order valence-electron chi connectivity index (χ3n) is 12.2. The lowest BCUT2D eigenvalue weighted by Crippen LogP contribution is -2.53. The van der Waals surface area contributed by atoms with Crippen molar-refractivity contribution in [2.24, 2.45) is 5.92 Å². The van der Waals surface area contributed by atoms with Crippen LogP contribution in [0.5, 0.6) is 5.75 Å². The summed E-state index contributed by atoms with van der Waals surface area (Å²) in [6.45, 7) is 0. The SMILES string of the molecule is C1=CC2C(Oc3c(-c4ccc5c(c4)c4c(n5-c5ccccc5)C=CCC4)cccc3C23C2=CCCC=C2OC2=C3CCC=C2)C(c2ccccc2)=C1. The Labute approximate surface area is 304 Å². The number of aryl methyl sites for hydroxylation is 1. The second-order valence-electron chi connectivity index (χ2n) is 14.8. The van der Waals surface area contributed by atoms with Crippen LogP contribution < -0.4 is 4.74 Å². The lowest BCUT2D eigenvalue weighted by Gasteiger charge is -2.55. The molecule has 0 bridgehead atoms. The van der Waals surface area contributed by atoms with E-state index in [2.05, 4.69) is 156 Å². The number of hydrogen-bond donors (Lipinski definition) is 0. The van der Waals surface area contributed by atoms with Gasteiger partial charge in [-0.15, -0.1) is 0 Å². The maximum atomic E-state index is 7.51. The fourth-order valence-electron chi connectivity index (χ4n) is 10.0. The molecule has 0 N–H and O–H groups in total. The summed E-state index contributed by atoms with van der Waals surface area (Å²) >= 11 is 0. The molecule has 3 nitrogen and oxygen atoms in total. The summed E-state index contributed by atoms with van der Waals surface area (Å²) in [6, 6.07) is 35.6. The number of hydrogen-bond acceptors (Lipinski definition) is 2. The highest BCUT2D eigenvalue weighted by Crippen LogP contribution is 2.64. The van der Waals surface area contributed by atoms with E-state index in [9.17, 15) is 0 Å². The van der Waals surface area contributed by atoms with Gasteiger partial charge in [-0.2, -0.15) is 0 Å². The molecule has 5 aromatic rings. The third-order valence-corrected chi connectivity index (χ3v) is 12.2. The largest absolute Gasteiger partial charge is 0.484 e. The van der Waals surface area contributed by atoms with E-state index in [1.807, 2.05) is 0 Å². The Hall–Kier alpha value is -5.80. The summed E-state index contributed by atoms with van der Waals surface area (Å²) in [5.41, 5.74) is 13.4. The van der Waals surface area contributed by atoms with Crippen molar-refractivity contribution >= 4 is 22.6 Å². The highest BCUT2D eigenvalue weighted by atomic mass is 16.5. The molecule has 3 heterocycles. The number of fused-ring (bicyclic) bond motifs is 10. The summed E-state index contributed by atoms with van der Waals surface area (Å²) in [6.07, 6.45) is 26.8. The van der Waals surface area contributed by atoms with Gasteiger partial charge in [-0.05, 0) is 103 Å². The average Bonchev–Trinajstić information content (AvgIpc) is 3.55. The van der Waals surface area contributed by atoms with Crippen molar-refractivity contribution in [1.82, 2.24) is 4.57 Å². The van der Waals surface area contributed by atoms with Crippen LogP contribution in [0.4, 0.5) is 0 Å². The van der Waals surface area contributed by atoms with Gasteiger partial charge in [0.25, 0.3) is 0 Å². The first kappa shape index (κ1) is 29.9. The zero-order valence-corrected chi connectivity index (χ0v) is 29.1. The standard InChI is InChI=1S/C49H39NO2/c1-3-15-32(16-4-1)35-20-13-24-41-47(35)52-48-36(21-14-25-42(48)49(41)39-22-8-11-27-45(39)51-46-28-12-9-23-40(46)49)33-29-30-44-38(31-33)37-19-7-10-26-43(37)50(44)34-17-5-2-6-18-34/h1-6,10-11,13-18,20-21,23-31,41,47H,7-9,12,19,22H2. The molecule has 0 radical (unpaired) electrons. The van der Waals surface area contributed by atoms with Gasteiger partial charge in [-0.25, -0.2) is 0 Å². The van der Waals surface area contributed by atoms with E-state index in [1.165, 1.54) is 61.3 Å². The van der Waals surface area contributed by atoms with Crippen molar-refractivity contribution in [3.8, 4) is 22.6 Å². The molecular weight excluding hydrogens is 635 g/mol. The maximum Gasteiger partial charge on any atom is 0.132 e. The number of aromatic nitrogens is 1. The van der Waals surface area contributed by atoms with Crippen molar-refractivity contribution in [3.05, 3.63) is 191 Å². The Morgan fingerprint density at radius 2 is 1.56 bits per heavy atom. The van der Waals surface area contributed by atoms with Gasteiger partial charge < -0.3 is 14.0 Å². The number of nitrogens with zero attached hydrogens (tertiary/aromatic N) is 1. The molecular formula is C49H39NO2. The van der Waals surface area contributed by atoms with Gasteiger partial charge in [0.1, 0.15) is 23.4 Å². The fourth-order valence-corrected chi connectivity index (χ4v) is 10.0. The number of rotatable bonds is 3. The van der Waals surface area contributed by atoms with Gasteiger partial charge in [0.2, 0.25) is 0 Å². The Morgan fingerprint density at radius 1 is 0.731 bits per heavy atom. The molecule has 0 saturated heterocycles. The number of ether oxygens (including phenoxy) is 2. The van der Waals surface area contributed by atoms with Crippen LogP contribution in [0.15, 0.2) is 168 Å². The molecule has 52 heavy (non-hydrogen) atoms. The fraction of sp³-hybridized carbons (Fsp3) is 0.184. The minimum atomic E-state index is -0.422. The summed E-state index contributed by atoms with van der Waals surface area (Å²) in [5, 5.41) is 1.32. The van der Waals surface area contributed by atoms with Gasteiger partial charge in [0, 0.05) is 45.0 Å². The van der Waals surface area contributed by atoms with Gasteiger partial charge in [0.15, 0.2) is 0 Å². The van der Waals surface area contributed by atoms with Gasteiger partial charge in [-0.1, -0.05) is 109 Å². The first-order valence-electron chi connectivity index (χ1n) is 18.9. The molecule has 11 rings (SSSR count). The minimum absolute atomic E-state index is 0.0600. The lowest BCUT2D eigenvalue weighted by molar-refractivity contribution is 0.128. The molecule has 1 spiro atoms. The van der Waals surface area contributed by atoms with Crippen LogP contribution in [-0.4, -0.2) is 10.7 Å². The van der Waals surface area contributed by atoms with E-state index in [1.54, 1.807) is 0 Å². The first-order valence-corrected chi connectivity index (χ1v) is 18.9. The molecule has 0 fully saturated rings. The summed E-state index contributed by atoms with van der Waals surface area (Å²) in [7, 11) is 0.